The van der Waals surface area contributed by atoms with Crippen molar-refractivity contribution in [2.45, 2.75) is 26.7 Å². The van der Waals surface area contributed by atoms with Gasteiger partial charge in [0.1, 0.15) is 0 Å². The van der Waals surface area contributed by atoms with E-state index in [4.69, 9.17) is 16.3 Å². The first kappa shape index (κ1) is 13.0. The summed E-state index contributed by atoms with van der Waals surface area (Å²) in [6, 6.07) is 7.35. The lowest BCUT2D eigenvalue weighted by atomic mass is 9.88. The molecule has 0 radical (unpaired) electrons. The molecule has 0 heterocycles. The van der Waals surface area contributed by atoms with E-state index in [1.807, 2.05) is 32.9 Å². The molecule has 1 aromatic carbocycles. The van der Waals surface area contributed by atoms with Gasteiger partial charge in [-0.2, -0.15) is 0 Å². The van der Waals surface area contributed by atoms with E-state index in [9.17, 15) is 4.79 Å². The molecule has 0 aliphatic carbocycles. The number of carbonyl (C=O) groups excluding carboxylic acids is 1. The number of carbonyl (C=O) groups is 1. The Labute approximate surface area is 102 Å². The molecule has 0 aliphatic rings. The summed E-state index contributed by atoms with van der Waals surface area (Å²) in [5.41, 5.74) is 0.956. The molecule has 2 nitrogen and oxygen atoms in total. The molecular weight excluding hydrogens is 224 g/mol. The van der Waals surface area contributed by atoms with Crippen molar-refractivity contribution < 1.29 is 9.53 Å². The molecule has 0 aliphatic heterocycles. The fourth-order valence-electron chi connectivity index (χ4n) is 1.70. The molecule has 0 spiro atoms. The topological polar surface area (TPSA) is 26.3 Å². The van der Waals surface area contributed by atoms with Crippen molar-refractivity contribution in [3.05, 3.63) is 34.9 Å². The molecule has 0 N–H and O–H groups in total. The fourth-order valence-corrected chi connectivity index (χ4v) is 1.82. The number of rotatable bonds is 4. The first-order valence-corrected chi connectivity index (χ1v) is 5.86. The van der Waals surface area contributed by atoms with Crippen LogP contribution in [0.5, 0.6) is 0 Å². The van der Waals surface area contributed by atoms with Crippen LogP contribution in [0.4, 0.5) is 0 Å². The van der Waals surface area contributed by atoms with Gasteiger partial charge in [-0.3, -0.25) is 4.79 Å². The molecule has 0 fully saturated rings. The van der Waals surface area contributed by atoms with Crippen molar-refractivity contribution >= 4 is 17.6 Å². The van der Waals surface area contributed by atoms with Crippen LogP contribution >= 0.6 is 11.6 Å². The average molecular weight is 241 g/mol. The number of benzene rings is 1. The Morgan fingerprint density at radius 1 is 1.31 bits per heavy atom. The Kier molecular flexibility index (Phi) is 4.81. The van der Waals surface area contributed by atoms with Gasteiger partial charge in [0.25, 0.3) is 0 Å². The highest BCUT2D eigenvalue weighted by atomic mass is 35.5. The van der Waals surface area contributed by atoms with Gasteiger partial charge in [-0.15, -0.1) is 0 Å². The molecule has 88 valence electrons. The summed E-state index contributed by atoms with van der Waals surface area (Å²) in [6.45, 7) is 6.25. The number of halogens is 1. The first-order valence-electron chi connectivity index (χ1n) is 5.48. The zero-order valence-electron chi connectivity index (χ0n) is 9.87. The van der Waals surface area contributed by atoms with Gasteiger partial charge in [0, 0.05) is 5.02 Å². The van der Waals surface area contributed by atoms with Crippen molar-refractivity contribution in [2.24, 2.45) is 5.92 Å². The lowest BCUT2D eigenvalue weighted by Gasteiger charge is -2.19. The van der Waals surface area contributed by atoms with Gasteiger partial charge in [0.05, 0.1) is 12.5 Å². The van der Waals surface area contributed by atoms with Crippen LogP contribution in [0.2, 0.25) is 5.02 Å². The summed E-state index contributed by atoms with van der Waals surface area (Å²) in [5, 5.41) is 0.676. The minimum atomic E-state index is -0.211. The molecule has 0 amide bonds. The number of hydrogen-bond acceptors (Lipinski definition) is 2. The van der Waals surface area contributed by atoms with Crippen molar-refractivity contribution in [2.75, 3.05) is 6.61 Å². The van der Waals surface area contributed by atoms with Crippen molar-refractivity contribution in [3.8, 4) is 0 Å². The molecule has 1 aromatic rings. The largest absolute Gasteiger partial charge is 0.466 e. The smallest absolute Gasteiger partial charge is 0.313 e. The highest BCUT2D eigenvalue weighted by Gasteiger charge is 2.25. The number of esters is 1. The van der Waals surface area contributed by atoms with Crippen LogP contribution in [0, 0.1) is 5.92 Å². The zero-order chi connectivity index (χ0) is 12.1. The Bertz CT molecular complexity index is 343. The third-order valence-electron chi connectivity index (χ3n) is 2.44. The molecule has 0 bridgehead atoms. The summed E-state index contributed by atoms with van der Waals surface area (Å²) in [5.74, 6) is -0.169. The van der Waals surface area contributed by atoms with Crippen molar-refractivity contribution in [1.29, 1.82) is 0 Å². The van der Waals surface area contributed by atoms with Crippen LogP contribution < -0.4 is 0 Å². The molecule has 0 aromatic heterocycles. The van der Waals surface area contributed by atoms with Crippen LogP contribution in [0.15, 0.2) is 24.3 Å². The van der Waals surface area contributed by atoms with Gasteiger partial charge < -0.3 is 4.74 Å². The van der Waals surface area contributed by atoms with E-state index in [-0.39, 0.29) is 17.8 Å². The Morgan fingerprint density at radius 2 is 1.88 bits per heavy atom. The minimum Gasteiger partial charge on any atom is -0.466 e. The van der Waals surface area contributed by atoms with E-state index in [0.29, 0.717) is 11.6 Å². The number of ether oxygens (including phenoxy) is 1. The highest BCUT2D eigenvalue weighted by Crippen LogP contribution is 2.26. The van der Waals surface area contributed by atoms with E-state index in [1.54, 1.807) is 12.1 Å². The zero-order valence-corrected chi connectivity index (χ0v) is 10.6. The lowest BCUT2D eigenvalue weighted by Crippen LogP contribution is -2.20. The van der Waals surface area contributed by atoms with Crippen LogP contribution in [0.25, 0.3) is 0 Å². The molecule has 3 heteroatoms. The maximum Gasteiger partial charge on any atom is 0.313 e. The van der Waals surface area contributed by atoms with E-state index in [1.165, 1.54) is 0 Å². The van der Waals surface area contributed by atoms with Crippen molar-refractivity contribution in [3.63, 3.8) is 0 Å². The monoisotopic (exact) mass is 240 g/mol. The van der Waals surface area contributed by atoms with E-state index in [0.717, 1.165) is 5.56 Å². The van der Waals surface area contributed by atoms with E-state index >= 15 is 0 Å². The van der Waals surface area contributed by atoms with Crippen LogP contribution in [0.1, 0.15) is 32.3 Å². The van der Waals surface area contributed by atoms with E-state index < -0.39 is 0 Å². The molecule has 16 heavy (non-hydrogen) atoms. The van der Waals surface area contributed by atoms with Gasteiger partial charge in [-0.25, -0.2) is 0 Å². The summed E-state index contributed by atoms with van der Waals surface area (Å²) < 4.78 is 5.08. The molecule has 0 saturated heterocycles. The van der Waals surface area contributed by atoms with Gasteiger partial charge in [0.2, 0.25) is 0 Å². The Morgan fingerprint density at radius 3 is 2.31 bits per heavy atom. The second kappa shape index (κ2) is 5.90. The normalized spacial score (nSPS) is 12.6. The second-order valence-electron chi connectivity index (χ2n) is 4.03. The highest BCUT2D eigenvalue weighted by molar-refractivity contribution is 6.30. The summed E-state index contributed by atoms with van der Waals surface area (Å²) in [7, 11) is 0. The Balaban J connectivity index is 2.93. The van der Waals surface area contributed by atoms with E-state index in [2.05, 4.69) is 0 Å². The summed E-state index contributed by atoms with van der Waals surface area (Å²) in [4.78, 5) is 11.8. The minimum absolute atomic E-state index is 0.167. The van der Waals surface area contributed by atoms with Gasteiger partial charge in [-0.1, -0.05) is 37.6 Å². The third-order valence-corrected chi connectivity index (χ3v) is 2.69. The first-order chi connectivity index (χ1) is 7.56. The summed E-state index contributed by atoms with van der Waals surface area (Å²) in [6.07, 6.45) is 0. The molecular formula is C13H17ClO2. The van der Waals surface area contributed by atoms with Crippen LogP contribution in [-0.2, 0) is 9.53 Å². The van der Waals surface area contributed by atoms with Crippen LogP contribution in [0.3, 0.4) is 0 Å². The maximum atomic E-state index is 11.8. The predicted molar refractivity (Wildman–Crippen MR) is 65.7 cm³/mol. The fraction of sp³-hybridized carbons (Fsp3) is 0.462. The predicted octanol–water partition coefficient (Wildman–Crippen LogP) is 3.64. The van der Waals surface area contributed by atoms with Crippen LogP contribution in [-0.4, -0.2) is 12.6 Å². The van der Waals surface area contributed by atoms with Crippen molar-refractivity contribution in [1.82, 2.24) is 0 Å². The molecule has 1 atom stereocenters. The lowest BCUT2D eigenvalue weighted by molar-refractivity contribution is -0.146. The quantitative estimate of drug-likeness (QED) is 0.751. The Hall–Kier alpha value is -1.02. The second-order valence-corrected chi connectivity index (χ2v) is 4.46. The standard InChI is InChI=1S/C13H17ClO2/c1-4-16-13(15)12(9(2)3)10-5-7-11(14)8-6-10/h5-9,12H,4H2,1-3H3. The molecule has 1 unspecified atom stereocenters. The third kappa shape index (κ3) is 3.24. The molecule has 1 rings (SSSR count). The SMILES string of the molecule is CCOC(=O)C(c1ccc(Cl)cc1)C(C)C. The summed E-state index contributed by atoms with van der Waals surface area (Å²) >= 11 is 5.82. The number of hydrogen-bond donors (Lipinski definition) is 0. The van der Waals surface area contributed by atoms with Gasteiger partial charge in [-0.05, 0) is 30.5 Å². The maximum absolute atomic E-state index is 11.8. The van der Waals surface area contributed by atoms with Gasteiger partial charge >= 0.3 is 5.97 Å². The van der Waals surface area contributed by atoms with Gasteiger partial charge in [0.15, 0.2) is 0 Å². The average Bonchev–Trinajstić information content (AvgIpc) is 2.21. The molecule has 0 saturated carbocycles.